The molecule has 0 aliphatic rings. The zero-order valence-corrected chi connectivity index (χ0v) is 13.0. The monoisotopic (exact) mass is 321 g/mol. The number of pyridine rings is 1. The maximum atomic E-state index is 11.6. The molecule has 2 aromatic rings. The predicted molar refractivity (Wildman–Crippen MR) is 87.4 cm³/mol. The molecule has 0 aliphatic carbocycles. The summed E-state index contributed by atoms with van der Waals surface area (Å²) in [6.07, 6.45) is 1.41. The molecule has 0 saturated carbocycles. The van der Waals surface area contributed by atoms with Crippen LogP contribution < -0.4 is 10.1 Å². The summed E-state index contributed by atoms with van der Waals surface area (Å²) in [6, 6.07) is 10.2. The summed E-state index contributed by atoms with van der Waals surface area (Å²) in [5.41, 5.74) is 0.942. The summed E-state index contributed by atoms with van der Waals surface area (Å²) in [4.78, 5) is 15.5. The van der Waals surface area contributed by atoms with Crippen molar-refractivity contribution >= 4 is 5.91 Å². The molecule has 1 amide bonds. The number of benzene rings is 1. The van der Waals surface area contributed by atoms with E-state index in [0.29, 0.717) is 23.4 Å². The van der Waals surface area contributed by atoms with E-state index in [-0.39, 0.29) is 18.1 Å². The molecule has 6 heteroatoms. The number of aromatic nitrogens is 1. The Bertz CT molecular complexity index is 845. The molecule has 0 atom stereocenters. The van der Waals surface area contributed by atoms with Gasteiger partial charge in [-0.05, 0) is 31.2 Å². The first-order chi connectivity index (χ1) is 11.6. The molecule has 0 unspecified atom stereocenters. The second-order valence-corrected chi connectivity index (χ2v) is 4.68. The third-order valence-corrected chi connectivity index (χ3v) is 2.93. The van der Waals surface area contributed by atoms with Crippen LogP contribution in [0.2, 0.25) is 0 Å². The summed E-state index contributed by atoms with van der Waals surface area (Å²) in [7, 11) is 0. The second kappa shape index (κ2) is 8.21. The molecule has 0 aliphatic heterocycles. The lowest BCUT2D eigenvalue weighted by Crippen LogP contribution is -2.23. The highest BCUT2D eigenvalue weighted by molar-refractivity contribution is 5.94. The molecule has 120 valence electrons. The van der Waals surface area contributed by atoms with Gasteiger partial charge in [-0.15, -0.1) is 0 Å². The van der Waals surface area contributed by atoms with Gasteiger partial charge < -0.3 is 15.2 Å². The number of nitrogens with one attached hydrogen (secondary N) is 1. The van der Waals surface area contributed by atoms with Gasteiger partial charge >= 0.3 is 0 Å². The third kappa shape index (κ3) is 4.49. The molecule has 2 rings (SSSR count). The molecule has 0 fully saturated rings. The first-order valence-corrected chi connectivity index (χ1v) is 7.23. The van der Waals surface area contributed by atoms with Gasteiger partial charge in [-0.2, -0.15) is 5.26 Å². The van der Waals surface area contributed by atoms with Crippen LogP contribution in [0.25, 0.3) is 0 Å². The van der Waals surface area contributed by atoms with Gasteiger partial charge in [0.25, 0.3) is 5.91 Å². The lowest BCUT2D eigenvalue weighted by Gasteiger charge is -2.03. The van der Waals surface area contributed by atoms with E-state index in [1.54, 1.807) is 31.2 Å². The van der Waals surface area contributed by atoms with Crippen LogP contribution in [0.15, 0.2) is 36.5 Å². The Morgan fingerprint density at radius 2 is 2.21 bits per heavy atom. The Kier molecular flexibility index (Phi) is 5.76. The van der Waals surface area contributed by atoms with Crippen molar-refractivity contribution in [1.29, 1.82) is 5.26 Å². The minimum Gasteiger partial charge on any atom is -0.505 e. The van der Waals surface area contributed by atoms with Crippen molar-refractivity contribution in [3.8, 4) is 29.4 Å². The molecular formula is C18H15N3O3. The van der Waals surface area contributed by atoms with Crippen LogP contribution in [0.5, 0.6) is 11.5 Å². The van der Waals surface area contributed by atoms with Gasteiger partial charge in [0, 0.05) is 18.3 Å². The highest BCUT2D eigenvalue weighted by Gasteiger charge is 2.11. The summed E-state index contributed by atoms with van der Waals surface area (Å²) in [5.74, 6) is 5.46. The summed E-state index contributed by atoms with van der Waals surface area (Å²) in [5, 5.41) is 21.2. The largest absolute Gasteiger partial charge is 0.505 e. The summed E-state index contributed by atoms with van der Waals surface area (Å²) in [6.45, 7) is 2.35. The average molecular weight is 321 g/mol. The molecular weight excluding hydrogens is 306 g/mol. The van der Waals surface area contributed by atoms with Crippen LogP contribution in [0.1, 0.15) is 28.5 Å². The van der Waals surface area contributed by atoms with Gasteiger partial charge in [0.05, 0.1) is 11.6 Å². The summed E-state index contributed by atoms with van der Waals surface area (Å²) >= 11 is 0. The van der Waals surface area contributed by atoms with E-state index in [1.165, 1.54) is 12.3 Å². The number of ether oxygens (including phenoxy) is 1. The molecule has 6 nitrogen and oxygen atoms in total. The van der Waals surface area contributed by atoms with E-state index in [2.05, 4.69) is 22.1 Å². The number of amides is 1. The normalized spacial score (nSPS) is 9.33. The molecule has 2 N–H and O–H groups in total. The van der Waals surface area contributed by atoms with Crippen molar-refractivity contribution < 1.29 is 14.6 Å². The topological polar surface area (TPSA) is 95.2 Å². The standard InChI is InChI=1S/C18H15N3O3/c1-2-20-18(23)17-16(22)10-14(12-21-17)6-4-8-24-15-7-3-5-13(9-15)11-19/h3,5,7,9-10,12,22H,2,8H2,1H3,(H,20,23). The van der Waals surface area contributed by atoms with Crippen LogP contribution in [0.3, 0.4) is 0 Å². The zero-order chi connectivity index (χ0) is 17.4. The first kappa shape index (κ1) is 16.9. The Hall–Kier alpha value is -3.51. The molecule has 1 aromatic carbocycles. The molecule has 1 heterocycles. The number of carbonyl (C=O) groups excluding carboxylic acids is 1. The quantitative estimate of drug-likeness (QED) is 0.838. The number of hydrogen-bond acceptors (Lipinski definition) is 5. The predicted octanol–water partition coefficient (Wildman–Crippen LogP) is 1.84. The lowest BCUT2D eigenvalue weighted by molar-refractivity contribution is 0.0948. The molecule has 0 saturated heterocycles. The van der Waals surface area contributed by atoms with Crippen LogP contribution in [-0.4, -0.2) is 29.1 Å². The number of nitriles is 1. The highest BCUT2D eigenvalue weighted by atomic mass is 16.5. The number of nitrogens with zero attached hydrogens (tertiary/aromatic N) is 2. The van der Waals surface area contributed by atoms with Crippen molar-refractivity contribution in [2.45, 2.75) is 6.92 Å². The minimum absolute atomic E-state index is 0.0352. The number of hydrogen-bond donors (Lipinski definition) is 2. The van der Waals surface area contributed by atoms with Crippen LogP contribution in [0, 0.1) is 23.2 Å². The second-order valence-electron chi connectivity index (χ2n) is 4.68. The minimum atomic E-state index is -0.435. The van der Waals surface area contributed by atoms with Crippen molar-refractivity contribution in [3.05, 3.63) is 53.3 Å². The molecule has 1 aromatic heterocycles. The van der Waals surface area contributed by atoms with Gasteiger partial charge in [0.1, 0.15) is 18.1 Å². The fourth-order valence-corrected chi connectivity index (χ4v) is 1.85. The number of aromatic hydroxyl groups is 1. The average Bonchev–Trinajstić information content (AvgIpc) is 2.59. The van der Waals surface area contributed by atoms with E-state index >= 15 is 0 Å². The number of rotatable bonds is 4. The maximum Gasteiger partial charge on any atom is 0.273 e. The smallest absolute Gasteiger partial charge is 0.273 e. The molecule has 0 radical (unpaired) electrons. The van der Waals surface area contributed by atoms with Gasteiger partial charge in [0.15, 0.2) is 5.69 Å². The fourth-order valence-electron chi connectivity index (χ4n) is 1.85. The van der Waals surface area contributed by atoms with Crippen LogP contribution >= 0.6 is 0 Å². The van der Waals surface area contributed by atoms with Crippen molar-refractivity contribution in [3.63, 3.8) is 0 Å². The van der Waals surface area contributed by atoms with E-state index in [0.717, 1.165) is 0 Å². The fraction of sp³-hybridized carbons (Fsp3) is 0.167. The Labute approximate surface area is 139 Å². The highest BCUT2D eigenvalue weighted by Crippen LogP contribution is 2.15. The summed E-state index contributed by atoms with van der Waals surface area (Å²) < 4.78 is 5.42. The van der Waals surface area contributed by atoms with E-state index in [1.807, 2.05) is 6.07 Å². The van der Waals surface area contributed by atoms with Gasteiger partial charge in [-0.3, -0.25) is 4.79 Å². The molecule has 0 bridgehead atoms. The Morgan fingerprint density at radius 3 is 2.92 bits per heavy atom. The van der Waals surface area contributed by atoms with Crippen molar-refractivity contribution in [1.82, 2.24) is 10.3 Å². The van der Waals surface area contributed by atoms with E-state index in [9.17, 15) is 9.90 Å². The molecule has 0 spiro atoms. The SMILES string of the molecule is CCNC(=O)c1ncc(C#CCOc2cccc(C#N)c2)cc1O. The Balaban J connectivity index is 1.99. The van der Waals surface area contributed by atoms with Gasteiger partial charge in [-0.1, -0.05) is 17.9 Å². The lowest BCUT2D eigenvalue weighted by atomic mass is 10.2. The van der Waals surface area contributed by atoms with Gasteiger partial charge in [0.2, 0.25) is 0 Å². The van der Waals surface area contributed by atoms with Crippen molar-refractivity contribution in [2.24, 2.45) is 0 Å². The maximum absolute atomic E-state index is 11.6. The van der Waals surface area contributed by atoms with Crippen LogP contribution in [-0.2, 0) is 0 Å². The van der Waals surface area contributed by atoms with Crippen LogP contribution in [0.4, 0.5) is 0 Å². The van der Waals surface area contributed by atoms with E-state index in [4.69, 9.17) is 10.00 Å². The van der Waals surface area contributed by atoms with Gasteiger partial charge in [-0.25, -0.2) is 4.98 Å². The number of carbonyl (C=O) groups is 1. The van der Waals surface area contributed by atoms with Crippen molar-refractivity contribution in [2.75, 3.05) is 13.2 Å². The first-order valence-electron chi connectivity index (χ1n) is 7.23. The van der Waals surface area contributed by atoms with E-state index < -0.39 is 5.91 Å². The molecule has 24 heavy (non-hydrogen) atoms. The third-order valence-electron chi connectivity index (χ3n) is 2.93. The Morgan fingerprint density at radius 1 is 1.38 bits per heavy atom. The zero-order valence-electron chi connectivity index (χ0n) is 13.0.